The molecule has 0 spiro atoms. The van der Waals surface area contributed by atoms with E-state index in [9.17, 15) is 4.79 Å². The fraction of sp³-hybridized carbons (Fsp3) is 0.462. The Labute approximate surface area is 108 Å². The second-order valence-electron chi connectivity index (χ2n) is 5.23. The number of nitrogens with zero attached hydrogens (tertiary/aromatic N) is 1. The largest absolute Gasteiger partial charge is 0.375 e. The van der Waals surface area contributed by atoms with Gasteiger partial charge in [0.2, 0.25) is 5.91 Å². The van der Waals surface area contributed by atoms with Gasteiger partial charge < -0.3 is 10.2 Å². The topological polar surface area (TPSA) is 32.3 Å². The molecule has 1 rings (SSSR count). The smallest absolute Gasteiger partial charge is 0.229 e. The first kappa shape index (κ1) is 13.8. The van der Waals surface area contributed by atoms with Gasteiger partial charge in [-0.1, -0.05) is 38.4 Å². The minimum atomic E-state index is -0.425. The fourth-order valence-corrected chi connectivity index (χ4v) is 1.72. The summed E-state index contributed by atoms with van der Waals surface area (Å²) in [5, 5.41) is 3.53. The lowest BCUT2D eigenvalue weighted by atomic mass is 9.95. The number of halogens is 1. The molecule has 0 bridgehead atoms. The molecule has 0 atom stereocenters. The summed E-state index contributed by atoms with van der Waals surface area (Å²) in [5.74, 6) is -0.0251. The van der Waals surface area contributed by atoms with Crippen LogP contribution in [0.3, 0.4) is 0 Å². The number of hydrogen-bond acceptors (Lipinski definition) is 2. The number of hydrogen-bond donors (Lipinski definition) is 1. The number of amides is 1. The molecule has 0 saturated carbocycles. The van der Waals surface area contributed by atoms with Crippen molar-refractivity contribution in [2.45, 2.75) is 20.8 Å². The van der Waals surface area contributed by atoms with Gasteiger partial charge in [0.15, 0.2) is 0 Å². The van der Waals surface area contributed by atoms with Crippen LogP contribution in [0.15, 0.2) is 18.2 Å². The van der Waals surface area contributed by atoms with Gasteiger partial charge in [-0.05, 0) is 12.1 Å². The van der Waals surface area contributed by atoms with E-state index >= 15 is 0 Å². The van der Waals surface area contributed by atoms with Crippen molar-refractivity contribution < 1.29 is 4.79 Å². The van der Waals surface area contributed by atoms with E-state index in [1.54, 1.807) is 0 Å². The van der Waals surface area contributed by atoms with Crippen LogP contribution in [0, 0.1) is 5.41 Å². The third-order valence-corrected chi connectivity index (χ3v) is 2.67. The molecule has 0 fully saturated rings. The number of carbonyl (C=O) groups is 1. The van der Waals surface area contributed by atoms with Crippen LogP contribution in [0.25, 0.3) is 0 Å². The van der Waals surface area contributed by atoms with E-state index in [0.29, 0.717) is 5.02 Å². The Bertz CT molecular complexity index is 422. The van der Waals surface area contributed by atoms with Crippen molar-refractivity contribution >= 4 is 28.9 Å². The molecule has 3 nitrogen and oxygen atoms in total. The fourth-order valence-electron chi connectivity index (χ4n) is 1.38. The Kier molecular flexibility index (Phi) is 4.04. The van der Waals surface area contributed by atoms with Crippen molar-refractivity contribution in [2.24, 2.45) is 5.41 Å². The van der Waals surface area contributed by atoms with Crippen molar-refractivity contribution in [3.05, 3.63) is 23.2 Å². The number of rotatable bonds is 2. The second-order valence-corrected chi connectivity index (χ2v) is 5.64. The van der Waals surface area contributed by atoms with Gasteiger partial charge in [-0.25, -0.2) is 0 Å². The Balaban J connectivity index is 3.07. The van der Waals surface area contributed by atoms with E-state index in [1.807, 2.05) is 58.0 Å². The van der Waals surface area contributed by atoms with Gasteiger partial charge in [-0.15, -0.1) is 0 Å². The summed E-state index contributed by atoms with van der Waals surface area (Å²) in [6.45, 7) is 5.63. The quantitative estimate of drug-likeness (QED) is 0.878. The highest BCUT2D eigenvalue weighted by Crippen LogP contribution is 2.33. The van der Waals surface area contributed by atoms with Crippen molar-refractivity contribution in [3.8, 4) is 0 Å². The van der Waals surface area contributed by atoms with Crippen LogP contribution in [0.4, 0.5) is 11.4 Å². The highest BCUT2D eigenvalue weighted by Gasteiger charge is 2.22. The number of para-hydroxylation sites is 1. The van der Waals surface area contributed by atoms with Gasteiger partial charge >= 0.3 is 0 Å². The maximum absolute atomic E-state index is 11.9. The molecule has 17 heavy (non-hydrogen) atoms. The van der Waals surface area contributed by atoms with Crippen LogP contribution in [-0.2, 0) is 4.79 Å². The first-order chi connectivity index (χ1) is 7.73. The van der Waals surface area contributed by atoms with Crippen LogP contribution in [-0.4, -0.2) is 20.0 Å². The van der Waals surface area contributed by atoms with Gasteiger partial charge in [0.1, 0.15) is 0 Å². The molecule has 1 aromatic carbocycles. The average molecular weight is 255 g/mol. The van der Waals surface area contributed by atoms with Gasteiger partial charge in [0, 0.05) is 19.5 Å². The number of nitrogens with one attached hydrogen (secondary N) is 1. The van der Waals surface area contributed by atoms with Gasteiger partial charge in [-0.2, -0.15) is 0 Å². The van der Waals surface area contributed by atoms with Crippen molar-refractivity contribution in [1.29, 1.82) is 0 Å². The Morgan fingerprint density at radius 3 is 2.35 bits per heavy atom. The molecule has 1 aromatic rings. The Morgan fingerprint density at radius 2 is 1.88 bits per heavy atom. The maximum Gasteiger partial charge on any atom is 0.229 e. The molecular weight excluding hydrogens is 236 g/mol. The predicted molar refractivity (Wildman–Crippen MR) is 73.9 cm³/mol. The third-order valence-electron chi connectivity index (χ3n) is 2.36. The lowest BCUT2D eigenvalue weighted by Crippen LogP contribution is -2.28. The van der Waals surface area contributed by atoms with Crippen LogP contribution in [0.5, 0.6) is 0 Å². The first-order valence-electron chi connectivity index (χ1n) is 5.51. The number of carbonyl (C=O) groups excluding carboxylic acids is 1. The molecule has 4 heteroatoms. The summed E-state index contributed by atoms with van der Waals surface area (Å²) in [5.41, 5.74) is 1.14. The van der Waals surface area contributed by atoms with Crippen LogP contribution in [0.1, 0.15) is 20.8 Å². The monoisotopic (exact) mass is 254 g/mol. The van der Waals surface area contributed by atoms with Crippen LogP contribution < -0.4 is 10.2 Å². The molecule has 1 amide bonds. The van der Waals surface area contributed by atoms with E-state index in [2.05, 4.69) is 5.32 Å². The SMILES string of the molecule is CN(C)c1c(Cl)cccc1NC(=O)C(C)(C)C. The highest BCUT2D eigenvalue weighted by molar-refractivity contribution is 6.34. The zero-order valence-corrected chi connectivity index (χ0v) is 11.7. The minimum Gasteiger partial charge on any atom is -0.375 e. The molecular formula is C13H19ClN2O. The Hall–Kier alpha value is -1.22. The predicted octanol–water partition coefficient (Wildman–Crippen LogP) is 3.39. The summed E-state index contributed by atoms with van der Waals surface area (Å²) in [6, 6.07) is 5.49. The minimum absolute atomic E-state index is 0.0251. The van der Waals surface area contributed by atoms with Gasteiger partial charge in [0.25, 0.3) is 0 Å². The molecule has 0 aliphatic rings. The Morgan fingerprint density at radius 1 is 1.29 bits per heavy atom. The first-order valence-corrected chi connectivity index (χ1v) is 5.88. The summed E-state index contributed by atoms with van der Waals surface area (Å²) < 4.78 is 0. The summed E-state index contributed by atoms with van der Waals surface area (Å²) in [4.78, 5) is 13.8. The lowest BCUT2D eigenvalue weighted by Gasteiger charge is -2.23. The molecule has 94 valence electrons. The lowest BCUT2D eigenvalue weighted by molar-refractivity contribution is -0.123. The molecule has 0 saturated heterocycles. The molecule has 0 aliphatic carbocycles. The molecule has 0 aliphatic heterocycles. The van der Waals surface area contributed by atoms with Crippen LogP contribution >= 0.6 is 11.6 Å². The average Bonchev–Trinajstić information content (AvgIpc) is 2.15. The normalized spacial score (nSPS) is 11.2. The molecule has 1 N–H and O–H groups in total. The summed E-state index contributed by atoms with van der Waals surface area (Å²) >= 11 is 6.13. The zero-order chi connectivity index (χ0) is 13.2. The molecule has 0 aromatic heterocycles. The van der Waals surface area contributed by atoms with Crippen molar-refractivity contribution in [1.82, 2.24) is 0 Å². The summed E-state index contributed by atoms with van der Waals surface area (Å²) in [7, 11) is 3.79. The van der Waals surface area contributed by atoms with E-state index < -0.39 is 5.41 Å². The van der Waals surface area contributed by atoms with E-state index in [1.165, 1.54) is 0 Å². The number of benzene rings is 1. The van der Waals surface area contributed by atoms with E-state index in [-0.39, 0.29) is 5.91 Å². The van der Waals surface area contributed by atoms with Gasteiger partial charge in [-0.3, -0.25) is 4.79 Å². The summed E-state index contributed by atoms with van der Waals surface area (Å²) in [6.07, 6.45) is 0. The molecule has 0 heterocycles. The van der Waals surface area contributed by atoms with Gasteiger partial charge in [0.05, 0.1) is 16.4 Å². The van der Waals surface area contributed by atoms with E-state index in [4.69, 9.17) is 11.6 Å². The van der Waals surface area contributed by atoms with Crippen LogP contribution in [0.2, 0.25) is 5.02 Å². The highest BCUT2D eigenvalue weighted by atomic mass is 35.5. The van der Waals surface area contributed by atoms with Crippen molar-refractivity contribution in [2.75, 3.05) is 24.3 Å². The maximum atomic E-state index is 11.9. The standard InChI is InChI=1S/C13H19ClN2O/c1-13(2,3)12(17)15-10-8-6-7-9(14)11(10)16(4)5/h6-8H,1-5H3,(H,15,17). The third kappa shape index (κ3) is 3.37. The molecule has 0 unspecified atom stereocenters. The van der Waals surface area contributed by atoms with E-state index in [0.717, 1.165) is 11.4 Å². The zero-order valence-electron chi connectivity index (χ0n) is 11.0. The van der Waals surface area contributed by atoms with Crippen molar-refractivity contribution in [3.63, 3.8) is 0 Å². The number of anilines is 2. The second kappa shape index (κ2) is 4.96. The molecule has 0 radical (unpaired) electrons.